The molecule has 0 saturated carbocycles. The molecule has 1 saturated heterocycles. The molecule has 0 bridgehead atoms. The van der Waals surface area contributed by atoms with Gasteiger partial charge in [0.1, 0.15) is 0 Å². The summed E-state index contributed by atoms with van der Waals surface area (Å²) in [6.07, 6.45) is 5.51. The van der Waals surface area contributed by atoms with E-state index in [1.807, 2.05) is 17.0 Å². The first kappa shape index (κ1) is 18.0. The fourth-order valence-corrected chi connectivity index (χ4v) is 4.13. The van der Waals surface area contributed by atoms with Crippen molar-refractivity contribution in [1.29, 1.82) is 0 Å². The highest BCUT2D eigenvalue weighted by atomic mass is 19.2. The van der Waals surface area contributed by atoms with E-state index in [2.05, 4.69) is 11.4 Å². The Kier molecular flexibility index (Phi) is 5.10. The van der Waals surface area contributed by atoms with E-state index in [-0.39, 0.29) is 5.91 Å². The number of carbonyl (C=O) groups is 1. The fourth-order valence-electron chi connectivity index (χ4n) is 4.13. The summed E-state index contributed by atoms with van der Waals surface area (Å²) in [6.45, 7) is 2.11. The molecule has 5 heteroatoms. The van der Waals surface area contributed by atoms with Gasteiger partial charge in [-0.1, -0.05) is 6.07 Å². The van der Waals surface area contributed by atoms with Crippen LogP contribution in [0.1, 0.15) is 40.7 Å². The lowest BCUT2D eigenvalue weighted by molar-refractivity contribution is 0.0948. The van der Waals surface area contributed by atoms with Crippen LogP contribution in [0.2, 0.25) is 0 Å². The predicted octanol–water partition coefficient (Wildman–Crippen LogP) is 4.10. The minimum absolute atomic E-state index is 0.0327. The molecule has 1 amide bonds. The van der Waals surface area contributed by atoms with E-state index in [0.717, 1.165) is 44.0 Å². The lowest BCUT2D eigenvalue weighted by Gasteiger charge is -2.19. The average molecular weight is 370 g/mol. The van der Waals surface area contributed by atoms with Crippen molar-refractivity contribution in [2.75, 3.05) is 24.5 Å². The molecule has 1 fully saturated rings. The van der Waals surface area contributed by atoms with Gasteiger partial charge in [0, 0.05) is 37.0 Å². The normalized spacial score (nSPS) is 19.0. The third kappa shape index (κ3) is 3.97. The third-order valence-corrected chi connectivity index (χ3v) is 5.72. The van der Waals surface area contributed by atoms with E-state index >= 15 is 0 Å². The number of aryl methyl sites for hydroxylation is 2. The molecule has 2 aromatic rings. The topological polar surface area (TPSA) is 32.3 Å². The Morgan fingerprint density at radius 3 is 2.67 bits per heavy atom. The number of rotatable bonds is 4. The molecule has 3 nitrogen and oxygen atoms in total. The van der Waals surface area contributed by atoms with Crippen LogP contribution in [0.5, 0.6) is 0 Å². The van der Waals surface area contributed by atoms with Gasteiger partial charge in [0.2, 0.25) is 0 Å². The quantitative estimate of drug-likeness (QED) is 0.879. The van der Waals surface area contributed by atoms with Crippen LogP contribution in [0, 0.1) is 17.6 Å². The van der Waals surface area contributed by atoms with Crippen molar-refractivity contribution in [3.63, 3.8) is 0 Å². The summed E-state index contributed by atoms with van der Waals surface area (Å²) in [4.78, 5) is 14.5. The average Bonchev–Trinajstić information content (AvgIpc) is 3.17. The lowest BCUT2D eigenvalue weighted by Crippen LogP contribution is -2.31. The van der Waals surface area contributed by atoms with Crippen LogP contribution < -0.4 is 10.2 Å². The van der Waals surface area contributed by atoms with Crippen molar-refractivity contribution in [3.05, 3.63) is 64.7 Å². The molecular weight excluding hydrogens is 346 g/mol. The molecular formula is C22H24F2N2O. The van der Waals surface area contributed by atoms with E-state index in [4.69, 9.17) is 0 Å². The maximum atomic E-state index is 13.4. The van der Waals surface area contributed by atoms with Gasteiger partial charge in [-0.25, -0.2) is 8.78 Å². The van der Waals surface area contributed by atoms with Crippen molar-refractivity contribution in [2.24, 2.45) is 5.92 Å². The number of benzene rings is 2. The van der Waals surface area contributed by atoms with E-state index < -0.39 is 11.6 Å². The van der Waals surface area contributed by atoms with Crippen molar-refractivity contribution in [2.45, 2.75) is 32.1 Å². The maximum Gasteiger partial charge on any atom is 0.251 e. The van der Waals surface area contributed by atoms with E-state index in [9.17, 15) is 13.6 Å². The maximum absolute atomic E-state index is 13.4. The summed E-state index contributed by atoms with van der Waals surface area (Å²) in [7, 11) is 0. The van der Waals surface area contributed by atoms with Gasteiger partial charge in [-0.05, 0) is 73.4 Å². The Bertz CT molecular complexity index is 852. The largest absolute Gasteiger partial charge is 0.371 e. The molecule has 1 aliphatic heterocycles. The van der Waals surface area contributed by atoms with Gasteiger partial charge in [0.15, 0.2) is 11.6 Å². The molecule has 0 spiro atoms. The van der Waals surface area contributed by atoms with Gasteiger partial charge in [-0.3, -0.25) is 4.79 Å². The van der Waals surface area contributed by atoms with Crippen LogP contribution in [-0.2, 0) is 12.8 Å². The fraction of sp³-hybridized carbons (Fsp3) is 0.409. The Balaban J connectivity index is 1.32. The molecule has 142 valence electrons. The number of amides is 1. The summed E-state index contributed by atoms with van der Waals surface area (Å²) in [5, 5.41) is 3.04. The molecule has 1 heterocycles. The molecule has 0 radical (unpaired) electrons. The second-order valence-electron chi connectivity index (χ2n) is 7.60. The second kappa shape index (κ2) is 7.67. The zero-order valence-corrected chi connectivity index (χ0v) is 15.3. The van der Waals surface area contributed by atoms with Crippen LogP contribution >= 0.6 is 0 Å². The van der Waals surface area contributed by atoms with Gasteiger partial charge in [-0.2, -0.15) is 0 Å². The number of nitrogens with one attached hydrogen (secondary N) is 1. The first-order valence-corrected chi connectivity index (χ1v) is 9.70. The number of hydrogen-bond donors (Lipinski definition) is 1. The molecule has 27 heavy (non-hydrogen) atoms. The van der Waals surface area contributed by atoms with E-state index in [1.165, 1.54) is 30.0 Å². The Hall–Kier alpha value is -2.43. The third-order valence-electron chi connectivity index (χ3n) is 5.72. The van der Waals surface area contributed by atoms with Gasteiger partial charge in [0.05, 0.1) is 0 Å². The molecule has 4 rings (SSSR count). The summed E-state index contributed by atoms with van der Waals surface area (Å²) in [5.41, 5.74) is 4.10. The van der Waals surface area contributed by atoms with Gasteiger partial charge >= 0.3 is 0 Å². The highest BCUT2D eigenvalue weighted by Crippen LogP contribution is 2.25. The number of carbonyl (C=O) groups excluding carboxylic acids is 1. The number of anilines is 1. The van der Waals surface area contributed by atoms with Gasteiger partial charge < -0.3 is 10.2 Å². The number of fused-ring (bicyclic) bond motifs is 1. The highest BCUT2D eigenvalue weighted by Gasteiger charge is 2.24. The molecule has 1 N–H and O–H groups in total. The minimum Gasteiger partial charge on any atom is -0.371 e. The summed E-state index contributed by atoms with van der Waals surface area (Å²) in [5.74, 6) is -1.38. The lowest BCUT2D eigenvalue weighted by atomic mass is 9.90. The number of nitrogens with zero attached hydrogens (tertiary/aromatic N) is 1. The van der Waals surface area contributed by atoms with Gasteiger partial charge in [-0.15, -0.1) is 0 Å². The van der Waals surface area contributed by atoms with Crippen molar-refractivity contribution in [3.8, 4) is 0 Å². The SMILES string of the molecule is O=C(NCC1CCN(c2ccc(F)c(F)c2)C1)c1ccc2c(c1)CCCC2. The minimum atomic E-state index is -0.827. The van der Waals surface area contributed by atoms with Gasteiger partial charge in [0.25, 0.3) is 5.91 Å². The monoisotopic (exact) mass is 370 g/mol. The predicted molar refractivity (Wildman–Crippen MR) is 102 cm³/mol. The Labute approximate surface area is 158 Å². The number of hydrogen-bond acceptors (Lipinski definition) is 2. The van der Waals surface area contributed by atoms with E-state index in [0.29, 0.717) is 18.2 Å². The van der Waals surface area contributed by atoms with Crippen LogP contribution in [0.25, 0.3) is 0 Å². The highest BCUT2D eigenvalue weighted by molar-refractivity contribution is 5.94. The molecule has 1 atom stereocenters. The second-order valence-corrected chi connectivity index (χ2v) is 7.60. The Morgan fingerprint density at radius 2 is 1.85 bits per heavy atom. The standard InChI is InChI=1S/C22H24F2N2O/c23-20-8-7-19(12-21(20)24)26-10-9-15(14-26)13-25-22(27)18-6-5-16-3-1-2-4-17(16)11-18/h5-8,11-12,15H,1-4,9-10,13-14H2,(H,25,27). The van der Waals surface area contributed by atoms with Crippen LogP contribution in [0.15, 0.2) is 36.4 Å². The summed E-state index contributed by atoms with van der Waals surface area (Å²) >= 11 is 0. The first-order valence-electron chi connectivity index (χ1n) is 9.70. The molecule has 1 aliphatic carbocycles. The first-order chi connectivity index (χ1) is 13.1. The van der Waals surface area contributed by atoms with Crippen LogP contribution in [0.4, 0.5) is 14.5 Å². The van der Waals surface area contributed by atoms with Crippen LogP contribution in [0.3, 0.4) is 0 Å². The summed E-state index contributed by atoms with van der Waals surface area (Å²) < 4.78 is 26.5. The van der Waals surface area contributed by atoms with Crippen molar-refractivity contribution < 1.29 is 13.6 Å². The van der Waals surface area contributed by atoms with Crippen molar-refractivity contribution >= 4 is 11.6 Å². The number of halogens is 2. The van der Waals surface area contributed by atoms with E-state index in [1.54, 1.807) is 6.07 Å². The molecule has 2 aromatic carbocycles. The smallest absolute Gasteiger partial charge is 0.251 e. The van der Waals surface area contributed by atoms with Crippen LogP contribution in [-0.4, -0.2) is 25.5 Å². The zero-order chi connectivity index (χ0) is 18.8. The molecule has 0 aromatic heterocycles. The Morgan fingerprint density at radius 1 is 1.04 bits per heavy atom. The summed E-state index contributed by atoms with van der Waals surface area (Å²) in [6, 6.07) is 10.0. The van der Waals surface area contributed by atoms with Crippen molar-refractivity contribution in [1.82, 2.24) is 5.32 Å². The molecule has 2 aliphatic rings. The zero-order valence-electron chi connectivity index (χ0n) is 15.3. The molecule has 1 unspecified atom stereocenters.